The van der Waals surface area contributed by atoms with Gasteiger partial charge >= 0.3 is 11.7 Å². The third kappa shape index (κ3) is 3.76. The van der Waals surface area contributed by atoms with Gasteiger partial charge in [0.2, 0.25) is 0 Å². The Hall–Kier alpha value is -3.15. The Morgan fingerprint density at radius 1 is 1.04 bits per heavy atom. The number of esters is 1. The molecule has 3 aromatic rings. The molecule has 0 saturated carbocycles. The highest BCUT2D eigenvalue weighted by Gasteiger charge is 2.15. The summed E-state index contributed by atoms with van der Waals surface area (Å²) in [7, 11) is 0. The molecule has 6 heteroatoms. The average molecular weight is 379 g/mol. The summed E-state index contributed by atoms with van der Waals surface area (Å²) in [5.74, 6) is -1.25. The molecule has 1 aliphatic rings. The first-order valence-electron chi connectivity index (χ1n) is 9.51. The van der Waals surface area contributed by atoms with Crippen LogP contribution in [0.4, 0.5) is 0 Å². The summed E-state index contributed by atoms with van der Waals surface area (Å²) in [6, 6.07) is 12.7. The number of rotatable bonds is 6. The number of ketones is 1. The minimum absolute atomic E-state index is 0.0130. The number of Topliss-reactive ketones (excluding diaryl/α,β-unsaturated/α-hetero) is 1. The van der Waals surface area contributed by atoms with Gasteiger partial charge in [0.1, 0.15) is 0 Å². The maximum atomic E-state index is 12.3. The first-order valence-corrected chi connectivity index (χ1v) is 9.51. The highest BCUT2D eigenvalue weighted by atomic mass is 16.5. The molecule has 0 bridgehead atoms. The number of benzene rings is 2. The Morgan fingerprint density at radius 3 is 2.68 bits per heavy atom. The van der Waals surface area contributed by atoms with Crippen LogP contribution in [0.15, 0.2) is 51.7 Å². The minimum Gasteiger partial charge on any atom is -0.457 e. The number of aryl methyl sites for hydroxylation is 3. The number of carbonyl (C=O) groups is 2. The lowest BCUT2D eigenvalue weighted by molar-refractivity contribution is -0.142. The summed E-state index contributed by atoms with van der Waals surface area (Å²) in [5.41, 5.74) is 4.20. The molecule has 1 aliphatic carbocycles. The monoisotopic (exact) mass is 379 g/mol. The van der Waals surface area contributed by atoms with Crippen LogP contribution in [0.1, 0.15) is 40.7 Å². The molecule has 4 rings (SSSR count). The van der Waals surface area contributed by atoms with Crippen molar-refractivity contribution < 1.29 is 18.7 Å². The SMILES string of the molecule is O=C(CCn1c(=O)oc2ccccc21)OCC(=O)c1ccc2c(c1)CCCC2. The molecule has 0 radical (unpaired) electrons. The molecule has 0 unspecified atom stereocenters. The van der Waals surface area contributed by atoms with Gasteiger partial charge in [0.15, 0.2) is 18.0 Å². The van der Waals surface area contributed by atoms with Crippen molar-refractivity contribution in [3.05, 3.63) is 69.7 Å². The topological polar surface area (TPSA) is 78.5 Å². The predicted molar refractivity (Wildman–Crippen MR) is 103 cm³/mol. The quantitative estimate of drug-likeness (QED) is 0.485. The largest absolute Gasteiger partial charge is 0.457 e. The lowest BCUT2D eigenvalue weighted by Gasteiger charge is -2.16. The van der Waals surface area contributed by atoms with Crippen molar-refractivity contribution in [2.75, 3.05) is 6.61 Å². The second kappa shape index (κ2) is 7.84. The molecule has 6 nitrogen and oxygen atoms in total. The first kappa shape index (κ1) is 18.2. The maximum Gasteiger partial charge on any atom is 0.419 e. The number of para-hydroxylation sites is 2. The van der Waals surface area contributed by atoms with E-state index < -0.39 is 11.7 Å². The van der Waals surface area contributed by atoms with Gasteiger partial charge in [0.25, 0.3) is 0 Å². The van der Waals surface area contributed by atoms with Gasteiger partial charge < -0.3 is 9.15 Å². The zero-order chi connectivity index (χ0) is 19.5. The van der Waals surface area contributed by atoms with Gasteiger partial charge in [-0.25, -0.2) is 4.79 Å². The third-order valence-corrected chi connectivity index (χ3v) is 5.15. The molecule has 0 atom stereocenters. The van der Waals surface area contributed by atoms with E-state index in [1.54, 1.807) is 30.3 Å². The van der Waals surface area contributed by atoms with Crippen LogP contribution in [0.5, 0.6) is 0 Å². The molecule has 1 heterocycles. The number of aromatic nitrogens is 1. The van der Waals surface area contributed by atoms with Gasteiger partial charge in [-0.2, -0.15) is 0 Å². The summed E-state index contributed by atoms with van der Waals surface area (Å²) in [4.78, 5) is 36.3. The molecule has 0 N–H and O–H groups in total. The van der Waals surface area contributed by atoms with Gasteiger partial charge in [-0.3, -0.25) is 14.2 Å². The highest BCUT2D eigenvalue weighted by molar-refractivity contribution is 5.98. The first-order chi connectivity index (χ1) is 13.6. The molecule has 2 aromatic carbocycles. The van der Waals surface area contributed by atoms with Crippen molar-refractivity contribution in [1.29, 1.82) is 0 Å². The number of nitrogens with zero attached hydrogens (tertiary/aromatic N) is 1. The summed E-state index contributed by atoms with van der Waals surface area (Å²) >= 11 is 0. The van der Waals surface area contributed by atoms with Crippen molar-refractivity contribution >= 4 is 22.9 Å². The van der Waals surface area contributed by atoms with Gasteiger partial charge in [0, 0.05) is 12.1 Å². The molecular formula is C22H21NO5. The van der Waals surface area contributed by atoms with Crippen LogP contribution in [0.3, 0.4) is 0 Å². The van der Waals surface area contributed by atoms with E-state index in [1.165, 1.54) is 22.1 Å². The van der Waals surface area contributed by atoms with E-state index in [4.69, 9.17) is 9.15 Å². The fourth-order valence-electron chi connectivity index (χ4n) is 3.64. The smallest absolute Gasteiger partial charge is 0.419 e. The van der Waals surface area contributed by atoms with E-state index >= 15 is 0 Å². The number of hydrogen-bond donors (Lipinski definition) is 0. The lowest BCUT2D eigenvalue weighted by atomic mass is 9.90. The molecule has 0 spiro atoms. The fourth-order valence-corrected chi connectivity index (χ4v) is 3.64. The zero-order valence-electron chi connectivity index (χ0n) is 15.5. The van der Waals surface area contributed by atoms with E-state index in [1.807, 2.05) is 12.1 Å². The maximum absolute atomic E-state index is 12.3. The number of carbonyl (C=O) groups excluding carboxylic acids is 2. The standard InChI is InChI=1S/C22H21NO5/c24-19(17-10-9-15-5-1-2-6-16(15)13-17)14-27-21(25)11-12-23-18-7-3-4-8-20(18)28-22(23)26/h3-4,7-10,13H,1-2,5-6,11-12,14H2. The van der Waals surface area contributed by atoms with Crippen LogP contribution in [0.25, 0.3) is 11.1 Å². The van der Waals surface area contributed by atoms with Gasteiger partial charge in [-0.05, 0) is 55.0 Å². The molecule has 0 aliphatic heterocycles. The summed E-state index contributed by atoms with van der Waals surface area (Å²) < 4.78 is 11.6. The van der Waals surface area contributed by atoms with E-state index in [9.17, 15) is 14.4 Å². The lowest BCUT2D eigenvalue weighted by Crippen LogP contribution is -2.19. The van der Waals surface area contributed by atoms with E-state index in [2.05, 4.69) is 0 Å². The van der Waals surface area contributed by atoms with E-state index in [0.29, 0.717) is 16.7 Å². The molecule has 0 fully saturated rings. The predicted octanol–water partition coefficient (Wildman–Crippen LogP) is 3.29. The van der Waals surface area contributed by atoms with Crippen LogP contribution < -0.4 is 5.76 Å². The van der Waals surface area contributed by atoms with Crippen molar-refractivity contribution in [3.63, 3.8) is 0 Å². The summed E-state index contributed by atoms with van der Waals surface area (Å²) in [6.45, 7) is -0.152. The van der Waals surface area contributed by atoms with Gasteiger partial charge in [-0.1, -0.05) is 24.3 Å². The molecule has 144 valence electrons. The molecule has 1 aromatic heterocycles. The Morgan fingerprint density at radius 2 is 1.82 bits per heavy atom. The fraction of sp³-hybridized carbons (Fsp3) is 0.318. The van der Waals surface area contributed by atoms with Crippen molar-refractivity contribution in [1.82, 2.24) is 4.57 Å². The summed E-state index contributed by atoms with van der Waals surface area (Å²) in [5, 5.41) is 0. The Labute approximate surface area is 161 Å². The Kier molecular flexibility index (Phi) is 5.10. The zero-order valence-corrected chi connectivity index (χ0v) is 15.5. The molecule has 0 saturated heterocycles. The number of oxazole rings is 1. The Balaban J connectivity index is 1.33. The van der Waals surface area contributed by atoms with Crippen molar-refractivity contribution in [3.8, 4) is 0 Å². The van der Waals surface area contributed by atoms with Crippen LogP contribution in [0, 0.1) is 0 Å². The van der Waals surface area contributed by atoms with E-state index in [-0.39, 0.29) is 25.4 Å². The average Bonchev–Trinajstić information content (AvgIpc) is 3.05. The second-order valence-electron chi connectivity index (χ2n) is 7.01. The molecular weight excluding hydrogens is 358 g/mol. The third-order valence-electron chi connectivity index (χ3n) is 5.15. The van der Waals surface area contributed by atoms with Crippen LogP contribution in [0.2, 0.25) is 0 Å². The van der Waals surface area contributed by atoms with Crippen LogP contribution in [-0.2, 0) is 28.9 Å². The van der Waals surface area contributed by atoms with Gasteiger partial charge in [-0.15, -0.1) is 0 Å². The highest BCUT2D eigenvalue weighted by Crippen LogP contribution is 2.22. The van der Waals surface area contributed by atoms with E-state index in [0.717, 1.165) is 19.3 Å². The molecule has 0 amide bonds. The second-order valence-corrected chi connectivity index (χ2v) is 7.01. The number of hydrogen-bond acceptors (Lipinski definition) is 5. The Bertz CT molecular complexity index is 1090. The number of fused-ring (bicyclic) bond motifs is 2. The normalized spacial score (nSPS) is 13.3. The molecule has 28 heavy (non-hydrogen) atoms. The van der Waals surface area contributed by atoms with Crippen LogP contribution in [-0.4, -0.2) is 22.9 Å². The van der Waals surface area contributed by atoms with Crippen molar-refractivity contribution in [2.24, 2.45) is 0 Å². The minimum atomic E-state index is -0.525. The number of ether oxygens (including phenoxy) is 1. The van der Waals surface area contributed by atoms with Gasteiger partial charge in [0.05, 0.1) is 11.9 Å². The summed E-state index contributed by atoms with van der Waals surface area (Å²) in [6.07, 6.45) is 4.36. The van der Waals surface area contributed by atoms with Crippen LogP contribution >= 0.6 is 0 Å². The van der Waals surface area contributed by atoms with Crippen molar-refractivity contribution in [2.45, 2.75) is 38.6 Å².